The number of aromatic amines is 1. The standard InChI is InChI=1S/C16H12ClN5O3S/c1-25-14-5-3-2-4-12(14)15-19-20-16(26)21(15)18-9-10-8-11(22(23)24)6-7-13(10)17/h2-9H,1H3,(H,20,26)/b18-9-. The van der Waals surface area contributed by atoms with Crippen molar-refractivity contribution in [2.75, 3.05) is 7.11 Å². The average Bonchev–Trinajstić information content (AvgIpc) is 3.01. The van der Waals surface area contributed by atoms with Crippen LogP contribution in [0.25, 0.3) is 11.4 Å². The van der Waals surface area contributed by atoms with Gasteiger partial charge in [0.2, 0.25) is 4.77 Å². The fourth-order valence-electron chi connectivity index (χ4n) is 2.27. The molecule has 1 aromatic heterocycles. The summed E-state index contributed by atoms with van der Waals surface area (Å²) < 4.78 is 6.98. The third kappa shape index (κ3) is 3.48. The van der Waals surface area contributed by atoms with E-state index in [9.17, 15) is 10.1 Å². The lowest BCUT2D eigenvalue weighted by Gasteiger charge is -2.07. The van der Waals surface area contributed by atoms with E-state index >= 15 is 0 Å². The average molecular weight is 390 g/mol. The number of nitro benzene ring substituents is 1. The maximum absolute atomic E-state index is 10.9. The summed E-state index contributed by atoms with van der Waals surface area (Å²) >= 11 is 11.3. The van der Waals surface area contributed by atoms with Crippen molar-refractivity contribution in [1.29, 1.82) is 0 Å². The molecule has 2 aromatic carbocycles. The first-order chi connectivity index (χ1) is 12.5. The number of nitrogens with zero attached hydrogens (tertiary/aromatic N) is 4. The van der Waals surface area contributed by atoms with E-state index in [1.807, 2.05) is 18.2 Å². The molecule has 0 saturated heterocycles. The quantitative estimate of drug-likeness (QED) is 0.307. The number of hydrogen-bond acceptors (Lipinski definition) is 6. The predicted octanol–water partition coefficient (Wildman–Crippen LogP) is 4.06. The van der Waals surface area contributed by atoms with Crippen molar-refractivity contribution in [3.63, 3.8) is 0 Å². The van der Waals surface area contributed by atoms with Crippen LogP contribution in [0.1, 0.15) is 5.56 Å². The van der Waals surface area contributed by atoms with Gasteiger partial charge in [-0.15, -0.1) is 0 Å². The molecule has 0 atom stereocenters. The highest BCUT2D eigenvalue weighted by molar-refractivity contribution is 7.71. The van der Waals surface area contributed by atoms with Crippen LogP contribution < -0.4 is 4.74 Å². The number of hydrogen-bond donors (Lipinski definition) is 1. The van der Waals surface area contributed by atoms with Gasteiger partial charge in [-0.05, 0) is 30.4 Å². The smallest absolute Gasteiger partial charge is 0.270 e. The molecule has 0 radical (unpaired) electrons. The first kappa shape index (κ1) is 17.8. The Hall–Kier alpha value is -3.04. The summed E-state index contributed by atoms with van der Waals surface area (Å²) in [5.41, 5.74) is 0.983. The molecular weight excluding hydrogens is 378 g/mol. The molecule has 0 aliphatic rings. The number of benzene rings is 2. The van der Waals surface area contributed by atoms with E-state index in [0.717, 1.165) is 0 Å². The maximum atomic E-state index is 10.9. The molecule has 3 aromatic rings. The lowest BCUT2D eigenvalue weighted by molar-refractivity contribution is -0.384. The van der Waals surface area contributed by atoms with Crippen LogP contribution in [0.2, 0.25) is 5.02 Å². The minimum Gasteiger partial charge on any atom is -0.496 e. The van der Waals surface area contributed by atoms with E-state index in [1.165, 1.54) is 29.1 Å². The molecule has 10 heteroatoms. The van der Waals surface area contributed by atoms with Gasteiger partial charge < -0.3 is 4.74 Å². The molecule has 0 fully saturated rings. The monoisotopic (exact) mass is 389 g/mol. The van der Waals surface area contributed by atoms with Gasteiger partial charge in [-0.2, -0.15) is 14.9 Å². The second-order valence-corrected chi connectivity index (χ2v) is 5.87. The number of para-hydroxylation sites is 1. The van der Waals surface area contributed by atoms with Crippen molar-refractivity contribution in [1.82, 2.24) is 14.9 Å². The summed E-state index contributed by atoms with van der Waals surface area (Å²) in [6.07, 6.45) is 1.39. The zero-order chi connectivity index (χ0) is 18.7. The number of nitrogens with one attached hydrogen (secondary N) is 1. The Morgan fingerprint density at radius 3 is 2.88 bits per heavy atom. The number of aromatic nitrogens is 3. The van der Waals surface area contributed by atoms with Crippen LogP contribution in [-0.4, -0.2) is 33.1 Å². The van der Waals surface area contributed by atoms with Gasteiger partial charge in [-0.1, -0.05) is 23.7 Å². The molecule has 1 heterocycles. The van der Waals surface area contributed by atoms with E-state index in [4.69, 9.17) is 28.6 Å². The topological polar surface area (TPSA) is 98.3 Å². The van der Waals surface area contributed by atoms with E-state index in [-0.39, 0.29) is 10.5 Å². The first-order valence-electron chi connectivity index (χ1n) is 7.30. The SMILES string of the molecule is COc1ccccc1-c1n[nH]c(=S)n1/N=C\c1cc([N+](=O)[O-])ccc1Cl. The van der Waals surface area contributed by atoms with Crippen LogP contribution in [0.3, 0.4) is 0 Å². The number of non-ortho nitro benzene ring substituents is 1. The Labute approximate surface area is 157 Å². The van der Waals surface area contributed by atoms with Crippen LogP contribution >= 0.6 is 23.8 Å². The Morgan fingerprint density at radius 1 is 1.38 bits per heavy atom. The van der Waals surface area contributed by atoms with Crippen LogP contribution in [0.15, 0.2) is 47.6 Å². The highest BCUT2D eigenvalue weighted by Crippen LogP contribution is 2.28. The van der Waals surface area contributed by atoms with E-state index in [1.54, 1.807) is 13.2 Å². The second kappa shape index (κ2) is 7.46. The van der Waals surface area contributed by atoms with E-state index in [0.29, 0.717) is 27.7 Å². The Morgan fingerprint density at radius 2 is 2.15 bits per heavy atom. The number of halogens is 1. The van der Waals surface area contributed by atoms with E-state index in [2.05, 4.69) is 15.3 Å². The molecule has 8 nitrogen and oxygen atoms in total. The fourth-order valence-corrected chi connectivity index (χ4v) is 2.61. The van der Waals surface area contributed by atoms with Crippen molar-refractivity contribution in [3.8, 4) is 17.1 Å². The third-order valence-corrected chi connectivity index (χ3v) is 4.11. The molecule has 3 rings (SSSR count). The van der Waals surface area contributed by atoms with Crippen LogP contribution in [0.5, 0.6) is 5.75 Å². The zero-order valence-electron chi connectivity index (χ0n) is 13.4. The lowest BCUT2D eigenvalue weighted by atomic mass is 10.2. The second-order valence-electron chi connectivity index (χ2n) is 5.07. The normalized spacial score (nSPS) is 11.0. The van der Waals surface area contributed by atoms with Crippen molar-refractivity contribution < 1.29 is 9.66 Å². The molecule has 0 saturated carbocycles. The van der Waals surface area contributed by atoms with Crippen LogP contribution in [-0.2, 0) is 0 Å². The molecule has 0 aliphatic carbocycles. The molecule has 1 N–H and O–H groups in total. The van der Waals surface area contributed by atoms with Gasteiger partial charge in [-0.25, -0.2) is 5.10 Å². The summed E-state index contributed by atoms with van der Waals surface area (Å²) in [7, 11) is 1.55. The summed E-state index contributed by atoms with van der Waals surface area (Å²) in [6, 6.07) is 11.4. The number of ether oxygens (including phenoxy) is 1. The molecular formula is C16H12ClN5O3S. The highest BCUT2D eigenvalue weighted by Gasteiger charge is 2.13. The summed E-state index contributed by atoms with van der Waals surface area (Å²) in [6.45, 7) is 0. The molecule has 0 bridgehead atoms. The van der Waals surface area contributed by atoms with Crippen molar-refractivity contribution in [2.45, 2.75) is 0 Å². The minimum atomic E-state index is -0.503. The Bertz CT molecular complexity index is 1060. The van der Waals surface area contributed by atoms with Crippen molar-refractivity contribution >= 4 is 35.7 Å². The van der Waals surface area contributed by atoms with Gasteiger partial charge in [0.1, 0.15) is 5.75 Å². The Kier molecular flexibility index (Phi) is 5.10. The van der Waals surface area contributed by atoms with Crippen molar-refractivity contribution in [3.05, 3.63) is 67.9 Å². The summed E-state index contributed by atoms with van der Waals surface area (Å²) in [5, 5.41) is 22.4. The van der Waals surface area contributed by atoms with E-state index < -0.39 is 4.92 Å². The van der Waals surface area contributed by atoms with Crippen molar-refractivity contribution in [2.24, 2.45) is 5.10 Å². The zero-order valence-corrected chi connectivity index (χ0v) is 15.0. The Balaban J connectivity index is 2.06. The van der Waals surface area contributed by atoms with Gasteiger partial charge in [-0.3, -0.25) is 10.1 Å². The molecule has 0 unspecified atom stereocenters. The number of H-pyrrole nitrogens is 1. The minimum absolute atomic E-state index is 0.0865. The predicted molar refractivity (Wildman–Crippen MR) is 100 cm³/mol. The molecule has 26 heavy (non-hydrogen) atoms. The molecule has 132 valence electrons. The first-order valence-corrected chi connectivity index (χ1v) is 8.09. The maximum Gasteiger partial charge on any atom is 0.270 e. The van der Waals surface area contributed by atoms with Crippen LogP contribution in [0, 0.1) is 14.9 Å². The van der Waals surface area contributed by atoms with Gasteiger partial charge in [0, 0.05) is 22.7 Å². The molecule has 0 amide bonds. The highest BCUT2D eigenvalue weighted by atomic mass is 35.5. The molecule has 0 spiro atoms. The molecule has 0 aliphatic heterocycles. The van der Waals surface area contributed by atoms with Crippen LogP contribution in [0.4, 0.5) is 5.69 Å². The summed E-state index contributed by atoms with van der Waals surface area (Å²) in [5.74, 6) is 1.04. The number of nitro groups is 1. The number of rotatable bonds is 5. The lowest BCUT2D eigenvalue weighted by Crippen LogP contribution is -1.98. The fraction of sp³-hybridized carbons (Fsp3) is 0.0625. The third-order valence-electron chi connectivity index (χ3n) is 3.50. The van der Waals surface area contributed by atoms with Gasteiger partial charge in [0.15, 0.2) is 5.82 Å². The number of methoxy groups -OCH3 is 1. The largest absolute Gasteiger partial charge is 0.496 e. The van der Waals surface area contributed by atoms with Gasteiger partial charge in [0.05, 0.1) is 23.8 Å². The van der Waals surface area contributed by atoms with Gasteiger partial charge in [0.25, 0.3) is 5.69 Å². The summed E-state index contributed by atoms with van der Waals surface area (Å²) in [4.78, 5) is 10.4. The van der Waals surface area contributed by atoms with Gasteiger partial charge >= 0.3 is 0 Å².